The molecule has 1 N–H and O–H groups in total. The minimum absolute atomic E-state index is 0.113. The molecule has 0 fully saturated rings. The van der Waals surface area contributed by atoms with Crippen molar-refractivity contribution >= 4 is 5.91 Å². The van der Waals surface area contributed by atoms with Crippen LogP contribution in [0.3, 0.4) is 0 Å². The van der Waals surface area contributed by atoms with Crippen molar-refractivity contribution in [2.45, 2.75) is 33.2 Å². The van der Waals surface area contributed by atoms with Crippen LogP contribution in [0.25, 0.3) is 0 Å². The number of hydrogen-bond acceptors (Lipinski definition) is 2. The summed E-state index contributed by atoms with van der Waals surface area (Å²) in [4.78, 5) is 10.9. The fourth-order valence-electron chi connectivity index (χ4n) is 1.18. The van der Waals surface area contributed by atoms with Crippen LogP contribution >= 0.6 is 0 Å². The summed E-state index contributed by atoms with van der Waals surface area (Å²) >= 11 is 0. The molecule has 0 radical (unpaired) electrons. The van der Waals surface area contributed by atoms with Gasteiger partial charge in [-0.05, 0) is 19.4 Å². The highest BCUT2D eigenvalue weighted by molar-refractivity contribution is 5.75. The molecule has 0 saturated heterocycles. The van der Waals surface area contributed by atoms with Gasteiger partial charge >= 0.3 is 0 Å². The predicted octanol–water partition coefficient (Wildman–Crippen LogP) is 1.11. The second-order valence-electron chi connectivity index (χ2n) is 3.28. The molecule has 1 rings (SSSR count). The van der Waals surface area contributed by atoms with Gasteiger partial charge in [0.1, 0.15) is 0 Å². The van der Waals surface area contributed by atoms with Gasteiger partial charge in [-0.2, -0.15) is 5.10 Å². The molecule has 4 nitrogen and oxygen atoms in total. The zero-order valence-electron chi connectivity index (χ0n) is 8.79. The number of aryl methyl sites for hydroxylation is 2. The maximum Gasteiger partial charge on any atom is 0.219 e. The topological polar surface area (TPSA) is 46.9 Å². The summed E-state index contributed by atoms with van der Waals surface area (Å²) in [7, 11) is 0. The number of nitrogens with one attached hydrogen (secondary N) is 1. The number of amides is 1. The second kappa shape index (κ2) is 5.42. The van der Waals surface area contributed by atoms with Gasteiger partial charge in [0.25, 0.3) is 0 Å². The van der Waals surface area contributed by atoms with Gasteiger partial charge in [-0.15, -0.1) is 0 Å². The molecule has 0 aliphatic rings. The lowest BCUT2D eigenvalue weighted by Gasteiger charge is -2.03. The summed E-state index contributed by atoms with van der Waals surface area (Å²) in [6.45, 7) is 5.41. The number of rotatable bonds is 5. The van der Waals surface area contributed by atoms with Crippen LogP contribution in [-0.4, -0.2) is 22.2 Å². The lowest BCUT2D eigenvalue weighted by atomic mass is 10.4. The van der Waals surface area contributed by atoms with Gasteiger partial charge in [0.15, 0.2) is 0 Å². The van der Waals surface area contributed by atoms with Gasteiger partial charge in [-0.25, -0.2) is 0 Å². The standard InChI is InChI=1S/C10H17N3O/c1-3-10(14)11-6-4-7-13-8-5-9(2)12-13/h5,8H,3-4,6-7H2,1-2H3,(H,11,14). The SMILES string of the molecule is CCC(=O)NCCCn1ccc(C)n1. The number of hydrogen-bond donors (Lipinski definition) is 1. The van der Waals surface area contributed by atoms with E-state index in [9.17, 15) is 4.79 Å². The van der Waals surface area contributed by atoms with Crippen LogP contribution in [0.5, 0.6) is 0 Å². The average molecular weight is 195 g/mol. The fourth-order valence-corrected chi connectivity index (χ4v) is 1.18. The third kappa shape index (κ3) is 3.60. The number of aromatic nitrogens is 2. The molecule has 0 aliphatic carbocycles. The van der Waals surface area contributed by atoms with E-state index in [1.807, 2.05) is 30.8 Å². The molecule has 14 heavy (non-hydrogen) atoms. The van der Waals surface area contributed by atoms with Gasteiger partial charge in [-0.1, -0.05) is 6.92 Å². The highest BCUT2D eigenvalue weighted by atomic mass is 16.1. The van der Waals surface area contributed by atoms with Gasteiger partial charge in [0, 0.05) is 25.7 Å². The summed E-state index contributed by atoms with van der Waals surface area (Å²) in [5.74, 6) is 0.113. The Morgan fingerprint density at radius 1 is 1.64 bits per heavy atom. The van der Waals surface area contributed by atoms with E-state index in [4.69, 9.17) is 0 Å². The van der Waals surface area contributed by atoms with E-state index in [1.165, 1.54) is 0 Å². The van der Waals surface area contributed by atoms with Crippen molar-refractivity contribution in [1.29, 1.82) is 0 Å². The van der Waals surface area contributed by atoms with E-state index in [0.29, 0.717) is 6.42 Å². The number of carbonyl (C=O) groups excluding carboxylic acids is 1. The molecule has 0 bridgehead atoms. The monoisotopic (exact) mass is 195 g/mol. The first-order valence-electron chi connectivity index (χ1n) is 4.99. The third-order valence-corrected chi connectivity index (χ3v) is 1.98. The Morgan fingerprint density at radius 3 is 3.00 bits per heavy atom. The van der Waals surface area contributed by atoms with Gasteiger partial charge in [-0.3, -0.25) is 9.48 Å². The van der Waals surface area contributed by atoms with Crippen LogP contribution in [-0.2, 0) is 11.3 Å². The zero-order chi connectivity index (χ0) is 10.4. The van der Waals surface area contributed by atoms with Crippen LogP contribution in [0.1, 0.15) is 25.5 Å². The van der Waals surface area contributed by atoms with Crippen LogP contribution in [0.2, 0.25) is 0 Å². The van der Waals surface area contributed by atoms with Crippen molar-refractivity contribution in [1.82, 2.24) is 15.1 Å². The summed E-state index contributed by atoms with van der Waals surface area (Å²) in [5, 5.41) is 7.08. The first-order chi connectivity index (χ1) is 6.72. The van der Waals surface area contributed by atoms with E-state index >= 15 is 0 Å². The number of nitrogens with zero attached hydrogens (tertiary/aromatic N) is 2. The quantitative estimate of drug-likeness (QED) is 0.715. The Kier molecular flexibility index (Phi) is 4.16. The van der Waals surface area contributed by atoms with Crippen molar-refractivity contribution in [3.05, 3.63) is 18.0 Å². The molecule has 1 aromatic heterocycles. The van der Waals surface area contributed by atoms with E-state index in [-0.39, 0.29) is 5.91 Å². The summed E-state index contributed by atoms with van der Waals surface area (Å²) in [6, 6.07) is 1.98. The molecule has 1 amide bonds. The van der Waals surface area contributed by atoms with Crippen LogP contribution in [0, 0.1) is 6.92 Å². The predicted molar refractivity (Wildman–Crippen MR) is 54.9 cm³/mol. The van der Waals surface area contributed by atoms with Crippen molar-refractivity contribution in [2.24, 2.45) is 0 Å². The minimum Gasteiger partial charge on any atom is -0.356 e. The van der Waals surface area contributed by atoms with Crippen LogP contribution in [0.15, 0.2) is 12.3 Å². The molecule has 0 aliphatic heterocycles. The van der Waals surface area contributed by atoms with Crippen molar-refractivity contribution < 1.29 is 4.79 Å². The molecule has 0 unspecified atom stereocenters. The lowest BCUT2D eigenvalue weighted by molar-refractivity contribution is -0.120. The molecular weight excluding hydrogens is 178 g/mol. The Bertz CT molecular complexity index is 293. The van der Waals surface area contributed by atoms with E-state index in [1.54, 1.807) is 0 Å². The first-order valence-corrected chi connectivity index (χ1v) is 4.99. The third-order valence-electron chi connectivity index (χ3n) is 1.98. The Hall–Kier alpha value is -1.32. The molecule has 0 aromatic carbocycles. The van der Waals surface area contributed by atoms with Crippen LogP contribution in [0.4, 0.5) is 0 Å². The molecule has 0 spiro atoms. The highest BCUT2D eigenvalue weighted by Gasteiger charge is 1.96. The molecule has 4 heteroatoms. The van der Waals surface area contributed by atoms with Gasteiger partial charge in [0.05, 0.1) is 5.69 Å². The molecule has 1 aromatic rings. The Labute approximate surface area is 84.3 Å². The van der Waals surface area contributed by atoms with Gasteiger partial charge < -0.3 is 5.32 Å². The maximum absolute atomic E-state index is 10.9. The van der Waals surface area contributed by atoms with Crippen molar-refractivity contribution in [3.8, 4) is 0 Å². The Morgan fingerprint density at radius 2 is 2.43 bits per heavy atom. The summed E-state index contributed by atoms with van der Waals surface area (Å²) < 4.78 is 1.90. The highest BCUT2D eigenvalue weighted by Crippen LogP contribution is 1.93. The maximum atomic E-state index is 10.9. The van der Waals surface area contributed by atoms with Crippen molar-refractivity contribution in [2.75, 3.05) is 6.54 Å². The summed E-state index contributed by atoms with van der Waals surface area (Å²) in [6.07, 6.45) is 3.44. The second-order valence-corrected chi connectivity index (χ2v) is 3.28. The smallest absolute Gasteiger partial charge is 0.219 e. The zero-order valence-corrected chi connectivity index (χ0v) is 8.79. The van der Waals surface area contributed by atoms with E-state index in [2.05, 4.69) is 10.4 Å². The molecule has 0 saturated carbocycles. The van der Waals surface area contributed by atoms with Crippen molar-refractivity contribution in [3.63, 3.8) is 0 Å². The fraction of sp³-hybridized carbons (Fsp3) is 0.600. The van der Waals surface area contributed by atoms with Gasteiger partial charge in [0.2, 0.25) is 5.91 Å². The normalized spacial score (nSPS) is 10.1. The summed E-state index contributed by atoms with van der Waals surface area (Å²) in [5.41, 5.74) is 1.03. The average Bonchev–Trinajstić information content (AvgIpc) is 2.58. The lowest BCUT2D eigenvalue weighted by Crippen LogP contribution is -2.24. The minimum atomic E-state index is 0.113. The Balaban J connectivity index is 2.13. The van der Waals surface area contributed by atoms with Crippen LogP contribution < -0.4 is 5.32 Å². The first kappa shape index (κ1) is 10.8. The van der Waals surface area contributed by atoms with E-state index < -0.39 is 0 Å². The molecule has 1 heterocycles. The molecule has 78 valence electrons. The molecular formula is C10H17N3O. The number of carbonyl (C=O) groups is 1. The largest absolute Gasteiger partial charge is 0.356 e. The molecule has 0 atom stereocenters. The van der Waals surface area contributed by atoms with E-state index in [0.717, 1.165) is 25.2 Å².